The van der Waals surface area contributed by atoms with Crippen molar-refractivity contribution in [1.29, 1.82) is 0 Å². The molecule has 0 heterocycles. The number of phenolic OH excluding ortho intramolecular Hbond substituents is 2. The van der Waals surface area contributed by atoms with Gasteiger partial charge in [-0.3, -0.25) is 9.59 Å². The van der Waals surface area contributed by atoms with Gasteiger partial charge in [0.2, 0.25) is 0 Å². The number of aromatic hydroxyl groups is 2. The normalized spacial score (nSPS) is 12.9. The van der Waals surface area contributed by atoms with E-state index in [0.29, 0.717) is 38.2 Å². The van der Waals surface area contributed by atoms with E-state index in [-0.39, 0.29) is 57.4 Å². The molecule has 0 aliphatic carbocycles. The fraction of sp³-hybridized carbons (Fsp3) is 0.270. The first-order valence-corrected chi connectivity index (χ1v) is 15.2. The van der Waals surface area contributed by atoms with Gasteiger partial charge in [-0.2, -0.15) is 0 Å². The van der Waals surface area contributed by atoms with E-state index in [0.717, 1.165) is 0 Å². The van der Waals surface area contributed by atoms with Crippen molar-refractivity contribution in [3.8, 4) is 34.5 Å². The average molecular weight is 655 g/mol. The first-order valence-electron chi connectivity index (χ1n) is 15.2. The van der Waals surface area contributed by atoms with Crippen LogP contribution < -0.4 is 29.8 Å². The van der Waals surface area contributed by atoms with Crippen molar-refractivity contribution in [2.45, 2.75) is 38.9 Å². The van der Waals surface area contributed by atoms with Crippen LogP contribution in [0, 0.1) is 0 Å². The molecule has 48 heavy (non-hydrogen) atoms. The second-order valence-electron chi connectivity index (χ2n) is 11.7. The molecule has 0 aliphatic rings. The monoisotopic (exact) mass is 654 g/mol. The second-order valence-corrected chi connectivity index (χ2v) is 11.7. The number of benzene rings is 6. The van der Waals surface area contributed by atoms with E-state index >= 15 is 0 Å². The molecule has 0 aliphatic heterocycles. The minimum absolute atomic E-state index is 0.0201. The lowest BCUT2D eigenvalue weighted by molar-refractivity contribution is 0.0342. The number of methoxy groups -OCH3 is 4. The SMILES string of the molecule is COc1c(O)c2c(=O)cc(OC)c3c4c(OC)cc(=O)c5c(O)c(OC)c(C[C@@H](C)O)c(c(c1C[C@@H](C)OC(=O)c1ccccc1)c23)c54. The zero-order chi connectivity index (χ0) is 34.6. The second kappa shape index (κ2) is 12.2. The highest BCUT2D eigenvalue weighted by molar-refractivity contribution is 6.38. The maximum atomic E-state index is 13.8. The Hall–Kier alpha value is -5.55. The molecule has 2 atom stereocenters. The van der Waals surface area contributed by atoms with Crippen LogP contribution >= 0.6 is 0 Å². The maximum Gasteiger partial charge on any atom is 0.338 e. The van der Waals surface area contributed by atoms with Gasteiger partial charge in [0.25, 0.3) is 0 Å². The molecule has 0 radical (unpaired) electrons. The number of rotatable bonds is 10. The lowest BCUT2D eigenvalue weighted by Gasteiger charge is -2.26. The molecule has 11 nitrogen and oxygen atoms in total. The van der Waals surface area contributed by atoms with Gasteiger partial charge >= 0.3 is 5.97 Å². The Morgan fingerprint density at radius 1 is 0.646 bits per heavy atom. The zero-order valence-electron chi connectivity index (χ0n) is 27.2. The van der Waals surface area contributed by atoms with Gasteiger partial charge in [0.1, 0.15) is 17.6 Å². The van der Waals surface area contributed by atoms with E-state index in [4.69, 9.17) is 23.7 Å². The van der Waals surface area contributed by atoms with Crippen molar-refractivity contribution in [3.63, 3.8) is 0 Å². The summed E-state index contributed by atoms with van der Waals surface area (Å²) in [7, 11) is 5.45. The molecule has 0 aromatic heterocycles. The van der Waals surface area contributed by atoms with Crippen LogP contribution in [-0.2, 0) is 17.6 Å². The predicted octanol–water partition coefficient (Wildman–Crippen LogP) is 5.05. The average Bonchev–Trinajstić information content (AvgIpc) is 3.05. The zero-order valence-corrected chi connectivity index (χ0v) is 27.2. The standard InChI is InChI=1S/C37H34O11/c1-16(38)12-19-25-26-20(13-17(2)48-37(43)18-10-8-7-9-11-18)36(47-6)34(42)28-22(40)15-24(45-4)30(32(26)28)29-23(44-3)14-21(39)27(31(25)29)33(41)35(19)46-5/h7-11,14-17,38,41-42H,12-13H2,1-6H3/t16-,17-/m1/s1. The first kappa shape index (κ1) is 32.4. The third-order valence-electron chi connectivity index (χ3n) is 8.72. The lowest BCUT2D eigenvalue weighted by atomic mass is 9.81. The Labute approximate surface area is 274 Å². The van der Waals surface area contributed by atoms with Crippen molar-refractivity contribution >= 4 is 49.1 Å². The van der Waals surface area contributed by atoms with Crippen LogP contribution in [0.1, 0.15) is 35.3 Å². The molecule has 0 unspecified atom stereocenters. The Kier molecular flexibility index (Phi) is 8.26. The molecule has 6 aromatic carbocycles. The summed E-state index contributed by atoms with van der Waals surface area (Å²) in [5.41, 5.74) is -0.124. The number of ether oxygens (including phenoxy) is 5. The van der Waals surface area contributed by atoms with Crippen molar-refractivity contribution in [2.24, 2.45) is 0 Å². The largest absolute Gasteiger partial charge is 0.504 e. The van der Waals surface area contributed by atoms with Crippen LogP contribution in [0.5, 0.6) is 34.5 Å². The molecular formula is C37H34O11. The quantitative estimate of drug-likeness (QED) is 0.103. The van der Waals surface area contributed by atoms with Gasteiger partial charge in [0, 0.05) is 57.6 Å². The summed E-state index contributed by atoms with van der Waals surface area (Å²) in [4.78, 5) is 40.6. The van der Waals surface area contributed by atoms with Gasteiger partial charge in [-0.25, -0.2) is 4.79 Å². The third kappa shape index (κ3) is 4.81. The Morgan fingerprint density at radius 3 is 1.52 bits per heavy atom. The smallest absolute Gasteiger partial charge is 0.338 e. The van der Waals surface area contributed by atoms with Crippen molar-refractivity contribution < 1.29 is 43.8 Å². The van der Waals surface area contributed by atoms with Gasteiger partial charge in [-0.1, -0.05) is 18.2 Å². The highest BCUT2D eigenvalue weighted by Gasteiger charge is 2.33. The highest BCUT2D eigenvalue weighted by atomic mass is 16.5. The third-order valence-corrected chi connectivity index (χ3v) is 8.72. The summed E-state index contributed by atoms with van der Waals surface area (Å²) < 4.78 is 28.7. The van der Waals surface area contributed by atoms with E-state index in [1.807, 2.05) is 0 Å². The van der Waals surface area contributed by atoms with Gasteiger partial charge < -0.3 is 39.0 Å². The number of phenols is 2. The molecule has 11 heteroatoms. The Morgan fingerprint density at radius 2 is 1.10 bits per heavy atom. The topological polar surface area (TPSA) is 158 Å². The fourth-order valence-corrected chi connectivity index (χ4v) is 6.93. The number of hydrogen-bond donors (Lipinski definition) is 3. The first-order chi connectivity index (χ1) is 23.0. The summed E-state index contributed by atoms with van der Waals surface area (Å²) in [5.74, 6) is -1.28. The maximum absolute atomic E-state index is 13.8. The van der Waals surface area contributed by atoms with E-state index < -0.39 is 40.5 Å². The summed E-state index contributed by atoms with van der Waals surface area (Å²) in [6.45, 7) is 3.24. The minimum Gasteiger partial charge on any atom is -0.504 e. The van der Waals surface area contributed by atoms with Gasteiger partial charge in [-0.15, -0.1) is 0 Å². The summed E-state index contributed by atoms with van der Waals surface area (Å²) in [5, 5.41) is 35.8. The molecule has 0 amide bonds. The van der Waals surface area contributed by atoms with Crippen LogP contribution in [0.25, 0.3) is 43.1 Å². The van der Waals surface area contributed by atoms with Crippen molar-refractivity contribution in [3.05, 3.63) is 79.6 Å². The molecule has 6 rings (SSSR count). The number of esters is 1. The van der Waals surface area contributed by atoms with Crippen molar-refractivity contribution in [2.75, 3.05) is 28.4 Å². The number of hydrogen-bond acceptors (Lipinski definition) is 11. The molecule has 0 saturated carbocycles. The molecular weight excluding hydrogens is 620 g/mol. The van der Waals surface area contributed by atoms with Gasteiger partial charge in [0.05, 0.1) is 50.9 Å². The molecule has 0 bridgehead atoms. The van der Waals surface area contributed by atoms with Crippen LogP contribution in [0.15, 0.2) is 52.1 Å². The van der Waals surface area contributed by atoms with Crippen LogP contribution in [0.3, 0.4) is 0 Å². The fourth-order valence-electron chi connectivity index (χ4n) is 6.93. The molecule has 0 fully saturated rings. The molecule has 248 valence electrons. The van der Waals surface area contributed by atoms with Gasteiger partial charge in [-0.05, 0) is 36.8 Å². The Balaban J connectivity index is 1.89. The van der Waals surface area contributed by atoms with E-state index in [1.54, 1.807) is 44.2 Å². The van der Waals surface area contributed by atoms with E-state index in [1.165, 1.54) is 40.6 Å². The molecule has 0 spiro atoms. The predicted molar refractivity (Wildman–Crippen MR) is 181 cm³/mol. The van der Waals surface area contributed by atoms with Gasteiger partial charge in [0.15, 0.2) is 33.9 Å². The highest BCUT2D eigenvalue weighted by Crippen LogP contribution is 2.55. The molecule has 0 saturated heterocycles. The number of aliphatic hydroxyl groups excluding tert-OH is 1. The lowest BCUT2D eigenvalue weighted by Crippen LogP contribution is -2.19. The number of aliphatic hydroxyl groups is 1. The molecule has 3 N–H and O–H groups in total. The van der Waals surface area contributed by atoms with Crippen LogP contribution in [0.2, 0.25) is 0 Å². The summed E-state index contributed by atoms with van der Waals surface area (Å²) in [6, 6.07) is 10.9. The van der Waals surface area contributed by atoms with E-state index in [2.05, 4.69) is 0 Å². The number of fused-ring (bicyclic) bond motifs is 2. The van der Waals surface area contributed by atoms with Crippen LogP contribution in [0.4, 0.5) is 0 Å². The van der Waals surface area contributed by atoms with Crippen LogP contribution in [-0.4, -0.2) is 61.9 Å². The summed E-state index contributed by atoms with van der Waals surface area (Å²) in [6.07, 6.45) is -1.80. The van der Waals surface area contributed by atoms with Crippen molar-refractivity contribution in [1.82, 2.24) is 0 Å². The Bertz CT molecular complexity index is 2330. The number of carbonyl (C=O) groups is 1. The summed E-state index contributed by atoms with van der Waals surface area (Å²) >= 11 is 0. The molecule has 6 aromatic rings. The number of carbonyl (C=O) groups excluding carboxylic acids is 1. The minimum atomic E-state index is -0.946. The van der Waals surface area contributed by atoms with E-state index in [9.17, 15) is 29.7 Å².